The van der Waals surface area contributed by atoms with Gasteiger partial charge >= 0.3 is 37.3 Å². The van der Waals surface area contributed by atoms with Crippen LogP contribution in [0.15, 0.2) is 0 Å². The topological polar surface area (TPSA) is 103 Å². The molecule has 6 N–H and O–H groups in total. The minimum absolute atomic E-state index is 0. The molecule has 0 radical (unpaired) electrons. The second-order valence-corrected chi connectivity index (χ2v) is 3.50. The molecule has 0 rings (SSSR count). The van der Waals surface area contributed by atoms with Crippen molar-refractivity contribution < 1.29 is 15.7 Å². The maximum Gasteiger partial charge on any atom is -0.369 e. The van der Waals surface area contributed by atoms with Crippen LogP contribution in [0.2, 0.25) is 0 Å². The van der Waals surface area contributed by atoms with Gasteiger partial charge in [0.25, 0.3) is 0 Å². The summed E-state index contributed by atoms with van der Waals surface area (Å²) in [4.78, 5) is 0. The molecule has 0 aliphatic carbocycles. The summed E-state index contributed by atoms with van der Waals surface area (Å²) in [5.74, 6) is 0. The van der Waals surface area contributed by atoms with Gasteiger partial charge < -0.3 is 6.15 Å². The number of hydrogen-bond acceptors (Lipinski definition) is 2. The van der Waals surface area contributed by atoms with Gasteiger partial charge in [-0.2, -0.15) is 0 Å². The molecule has 0 heterocycles. The monoisotopic (exact) mass is 174 g/mol. The summed E-state index contributed by atoms with van der Waals surface area (Å²) in [6.07, 6.45) is 0. The van der Waals surface area contributed by atoms with Crippen LogP contribution in [0.5, 0.6) is 0 Å². The van der Waals surface area contributed by atoms with Crippen molar-refractivity contribution in [2.75, 3.05) is 7.11 Å². The van der Waals surface area contributed by atoms with E-state index in [1.165, 1.54) is 0 Å². The van der Waals surface area contributed by atoms with Crippen molar-refractivity contribution in [3.63, 3.8) is 0 Å². The first-order valence-electron chi connectivity index (χ1n) is 1.17. The fraction of sp³-hybridized carbons (Fsp3) is 1.00. The predicted octanol–water partition coefficient (Wildman–Crippen LogP) is -1.14. The zero-order chi connectivity index (χ0) is 5.21. The van der Waals surface area contributed by atoms with Crippen molar-refractivity contribution in [3.05, 3.63) is 0 Å². The Hall–Kier alpha value is 0.198. The Balaban J connectivity index is 0. The molecule has 0 aromatic heterocycles. The van der Waals surface area contributed by atoms with Crippen LogP contribution in [-0.2, 0) is 7.47 Å². The van der Waals surface area contributed by atoms with Gasteiger partial charge in [-0.05, 0) is 0 Å². The summed E-state index contributed by atoms with van der Waals surface area (Å²) in [5.41, 5.74) is 0. The Bertz CT molecular complexity index is 75.8. The summed E-state index contributed by atoms with van der Waals surface area (Å²) < 4.78 is 28.8. The van der Waals surface area contributed by atoms with Gasteiger partial charge in [0.05, 0.1) is 0 Å². The molecule has 0 aromatic carbocycles. The molecule has 0 amide bonds. The molecule has 0 bridgehead atoms. The Morgan fingerprint density at radius 1 is 1.57 bits per heavy atom. The molecule has 46 valence electrons. The van der Waals surface area contributed by atoms with Gasteiger partial charge in [-0.15, -0.1) is 0 Å². The molecule has 0 spiro atoms. The van der Waals surface area contributed by atoms with E-state index in [2.05, 4.69) is 3.73 Å². The van der Waals surface area contributed by atoms with Crippen LogP contribution in [0.3, 0.4) is 0 Å². The summed E-state index contributed by atoms with van der Waals surface area (Å²) in [6, 6.07) is 0. The maximum atomic E-state index is 9.53. The third-order valence-corrected chi connectivity index (χ3v) is 1.24. The molecule has 7 heavy (non-hydrogen) atoms. The first-order valence-corrected chi connectivity index (χ1v) is 4.38. The maximum absolute atomic E-state index is 9.53. The predicted molar refractivity (Wildman–Crippen MR) is 23.9 cm³/mol. The van der Waals surface area contributed by atoms with Crippen molar-refractivity contribution in [1.82, 2.24) is 6.15 Å². The smallest absolute Gasteiger partial charge is 0.369 e. The zero-order valence-electron chi connectivity index (χ0n) is 4.16. The minimum Gasteiger partial charge on any atom is -0.369 e. The molecule has 0 aliphatic rings. The SMILES string of the molecule is CO[As](=O)(O)O.[NH4+]. The minimum atomic E-state index is -4.66. The molecule has 0 aliphatic heterocycles. The number of quaternary nitrogens is 1. The average molecular weight is 174 g/mol. The summed E-state index contributed by atoms with van der Waals surface area (Å²) in [5, 5.41) is 0. The van der Waals surface area contributed by atoms with Crippen LogP contribution in [0, 0.1) is 0 Å². The Morgan fingerprint density at radius 3 is 1.71 bits per heavy atom. The van der Waals surface area contributed by atoms with E-state index in [0.717, 1.165) is 7.11 Å². The normalized spacial score (nSPS) is 10.1. The zero-order valence-corrected chi connectivity index (χ0v) is 6.03. The number of rotatable bonds is 1. The van der Waals surface area contributed by atoms with E-state index in [0.29, 0.717) is 0 Å². The van der Waals surface area contributed by atoms with Gasteiger partial charge in [-0.3, -0.25) is 0 Å². The molecule has 0 saturated carbocycles. The first kappa shape index (κ1) is 10.2. The van der Waals surface area contributed by atoms with Crippen molar-refractivity contribution in [2.45, 2.75) is 0 Å². The Kier molecular flexibility index (Phi) is 4.73. The van der Waals surface area contributed by atoms with Crippen molar-refractivity contribution >= 4 is 14.5 Å². The Labute approximate surface area is 44.2 Å². The largest absolute Gasteiger partial charge is 0.369 e. The van der Waals surface area contributed by atoms with E-state index < -0.39 is 14.5 Å². The molecule has 0 atom stereocenters. The van der Waals surface area contributed by atoms with Crippen molar-refractivity contribution in [1.29, 1.82) is 0 Å². The van der Waals surface area contributed by atoms with Gasteiger partial charge in [-0.1, -0.05) is 0 Å². The van der Waals surface area contributed by atoms with Gasteiger partial charge in [0.1, 0.15) is 0 Å². The van der Waals surface area contributed by atoms with Crippen LogP contribution < -0.4 is 6.15 Å². The second-order valence-electron chi connectivity index (χ2n) is 0.673. The molecule has 0 aromatic rings. The first-order chi connectivity index (χ1) is 2.56. The summed E-state index contributed by atoms with van der Waals surface area (Å²) >= 11 is -4.66. The van der Waals surface area contributed by atoms with E-state index in [1.807, 2.05) is 0 Å². The van der Waals surface area contributed by atoms with Gasteiger partial charge in [0.15, 0.2) is 0 Å². The molecular weight excluding hydrogens is 165 g/mol. The van der Waals surface area contributed by atoms with Crippen LogP contribution in [0.1, 0.15) is 0 Å². The van der Waals surface area contributed by atoms with E-state index in [-0.39, 0.29) is 6.15 Å². The van der Waals surface area contributed by atoms with E-state index in [4.69, 9.17) is 8.19 Å². The van der Waals surface area contributed by atoms with Gasteiger partial charge in [0, 0.05) is 0 Å². The fourth-order valence-corrected chi connectivity index (χ4v) is 0. The summed E-state index contributed by atoms with van der Waals surface area (Å²) in [7, 11) is 0.972. The van der Waals surface area contributed by atoms with Crippen LogP contribution in [0.25, 0.3) is 0 Å². The quantitative estimate of drug-likeness (QED) is 0.437. The van der Waals surface area contributed by atoms with Gasteiger partial charge in [-0.25, -0.2) is 0 Å². The third kappa shape index (κ3) is 10.7. The number of hydrogen-bond donors (Lipinski definition) is 3. The third-order valence-electron chi connectivity index (χ3n) is 0.238. The molecule has 0 unspecified atom stereocenters. The van der Waals surface area contributed by atoms with E-state index >= 15 is 0 Å². The van der Waals surface area contributed by atoms with Gasteiger partial charge in [0.2, 0.25) is 0 Å². The second kappa shape index (κ2) is 3.23. The van der Waals surface area contributed by atoms with Crippen molar-refractivity contribution in [3.8, 4) is 0 Å². The van der Waals surface area contributed by atoms with Crippen molar-refractivity contribution in [2.24, 2.45) is 0 Å². The molecule has 5 nitrogen and oxygen atoms in total. The molecular formula is CH9AsNO4+. The van der Waals surface area contributed by atoms with E-state index in [9.17, 15) is 3.74 Å². The standard InChI is InChI=1S/CH5AsO4.H3N/c1-6-2(3,4)5;/h1H3,(H2,3,4,5);1H3/p+1. The molecule has 6 heteroatoms. The van der Waals surface area contributed by atoms with E-state index in [1.54, 1.807) is 0 Å². The van der Waals surface area contributed by atoms with Crippen LogP contribution >= 0.6 is 0 Å². The fourth-order valence-electron chi connectivity index (χ4n) is 0. The Morgan fingerprint density at radius 2 is 1.71 bits per heavy atom. The van der Waals surface area contributed by atoms with Crippen LogP contribution in [-0.4, -0.2) is 29.8 Å². The molecule has 0 saturated heterocycles. The van der Waals surface area contributed by atoms with Crippen LogP contribution in [0.4, 0.5) is 0 Å². The average Bonchev–Trinajstić information content (AvgIpc) is 1.35. The summed E-state index contributed by atoms with van der Waals surface area (Å²) in [6.45, 7) is 0. The molecule has 0 fully saturated rings.